The van der Waals surface area contributed by atoms with Crippen LogP contribution in [0.4, 0.5) is 0 Å². The van der Waals surface area contributed by atoms with Gasteiger partial charge in [-0.2, -0.15) is 0 Å². The molecular weight excluding hydrogens is 190 g/mol. The third-order valence-corrected chi connectivity index (χ3v) is 2.16. The lowest BCUT2D eigenvalue weighted by atomic mass is 10.1. The van der Waals surface area contributed by atoms with Crippen molar-refractivity contribution in [3.63, 3.8) is 0 Å². The third-order valence-electron chi connectivity index (χ3n) is 2.16. The third kappa shape index (κ3) is 3.78. The minimum absolute atomic E-state index is 0.0510. The van der Waals surface area contributed by atoms with E-state index in [1.807, 2.05) is 39.8 Å². The standard InChI is InChI=1S/C12H19NO2/c1-8(2)7-12(14)13-10(4)11-6-5-9(3)15-11/h5-6,8,10H,7H2,1-4H3,(H,13,14). The molecule has 3 heteroatoms. The van der Waals surface area contributed by atoms with Gasteiger partial charge in [-0.25, -0.2) is 0 Å². The number of amides is 1. The molecule has 1 amide bonds. The number of aryl methyl sites for hydroxylation is 1. The minimum atomic E-state index is -0.0510. The first-order valence-corrected chi connectivity index (χ1v) is 5.34. The molecule has 1 atom stereocenters. The van der Waals surface area contributed by atoms with Crippen molar-refractivity contribution >= 4 is 5.91 Å². The molecule has 1 heterocycles. The van der Waals surface area contributed by atoms with Crippen LogP contribution in [-0.2, 0) is 4.79 Å². The number of hydrogen-bond donors (Lipinski definition) is 1. The normalized spacial score (nSPS) is 12.9. The second-order valence-corrected chi connectivity index (χ2v) is 4.34. The van der Waals surface area contributed by atoms with Gasteiger partial charge in [-0.3, -0.25) is 4.79 Å². The number of hydrogen-bond acceptors (Lipinski definition) is 2. The van der Waals surface area contributed by atoms with E-state index in [-0.39, 0.29) is 11.9 Å². The van der Waals surface area contributed by atoms with E-state index >= 15 is 0 Å². The van der Waals surface area contributed by atoms with E-state index in [0.29, 0.717) is 12.3 Å². The molecule has 0 aliphatic rings. The Labute approximate surface area is 90.9 Å². The van der Waals surface area contributed by atoms with Crippen molar-refractivity contribution in [1.29, 1.82) is 0 Å². The Kier molecular flexibility index (Phi) is 3.95. The number of carbonyl (C=O) groups is 1. The smallest absolute Gasteiger partial charge is 0.220 e. The summed E-state index contributed by atoms with van der Waals surface area (Å²) in [5.41, 5.74) is 0. The van der Waals surface area contributed by atoms with Gasteiger partial charge in [0.05, 0.1) is 6.04 Å². The fourth-order valence-corrected chi connectivity index (χ4v) is 1.43. The molecule has 84 valence electrons. The van der Waals surface area contributed by atoms with Gasteiger partial charge in [0.15, 0.2) is 0 Å². The Balaban J connectivity index is 2.48. The minimum Gasteiger partial charge on any atom is -0.464 e. The second-order valence-electron chi connectivity index (χ2n) is 4.34. The largest absolute Gasteiger partial charge is 0.464 e. The predicted molar refractivity (Wildman–Crippen MR) is 59.5 cm³/mol. The molecule has 0 saturated heterocycles. The average molecular weight is 209 g/mol. The Hall–Kier alpha value is -1.25. The van der Waals surface area contributed by atoms with E-state index in [0.717, 1.165) is 11.5 Å². The number of furan rings is 1. The van der Waals surface area contributed by atoms with Crippen molar-refractivity contribution in [2.45, 2.75) is 40.2 Å². The molecule has 0 aliphatic carbocycles. The van der Waals surface area contributed by atoms with E-state index in [2.05, 4.69) is 5.32 Å². The highest BCUT2D eigenvalue weighted by Crippen LogP contribution is 2.15. The van der Waals surface area contributed by atoms with Crippen LogP contribution < -0.4 is 5.32 Å². The number of nitrogens with one attached hydrogen (secondary N) is 1. The van der Waals surface area contributed by atoms with Crippen molar-refractivity contribution in [2.24, 2.45) is 5.92 Å². The Bertz CT molecular complexity index is 328. The molecule has 0 saturated carbocycles. The zero-order chi connectivity index (χ0) is 11.4. The first-order chi connectivity index (χ1) is 6.99. The lowest BCUT2D eigenvalue weighted by Gasteiger charge is -2.12. The molecule has 1 unspecified atom stereocenters. The van der Waals surface area contributed by atoms with Gasteiger partial charge in [-0.15, -0.1) is 0 Å². The highest BCUT2D eigenvalue weighted by atomic mass is 16.3. The summed E-state index contributed by atoms with van der Waals surface area (Å²) in [5.74, 6) is 2.14. The van der Waals surface area contributed by atoms with Crippen LogP contribution in [0.3, 0.4) is 0 Å². The first kappa shape index (κ1) is 11.8. The highest BCUT2D eigenvalue weighted by Gasteiger charge is 2.13. The summed E-state index contributed by atoms with van der Waals surface area (Å²) in [6.45, 7) is 7.88. The maximum atomic E-state index is 11.5. The zero-order valence-electron chi connectivity index (χ0n) is 9.83. The highest BCUT2D eigenvalue weighted by molar-refractivity contribution is 5.76. The van der Waals surface area contributed by atoms with Gasteiger partial charge in [-0.1, -0.05) is 13.8 Å². The Morgan fingerprint density at radius 1 is 1.40 bits per heavy atom. The molecular formula is C12H19NO2. The number of rotatable bonds is 4. The van der Waals surface area contributed by atoms with Gasteiger partial charge >= 0.3 is 0 Å². The first-order valence-electron chi connectivity index (χ1n) is 5.34. The van der Waals surface area contributed by atoms with Gasteiger partial charge < -0.3 is 9.73 Å². The Morgan fingerprint density at radius 3 is 2.53 bits per heavy atom. The summed E-state index contributed by atoms with van der Waals surface area (Å²) >= 11 is 0. The molecule has 0 bridgehead atoms. The summed E-state index contributed by atoms with van der Waals surface area (Å²) in [7, 11) is 0. The van der Waals surface area contributed by atoms with Crippen LogP contribution in [0.25, 0.3) is 0 Å². The van der Waals surface area contributed by atoms with E-state index < -0.39 is 0 Å². The van der Waals surface area contributed by atoms with Crippen LogP contribution in [0, 0.1) is 12.8 Å². The fraction of sp³-hybridized carbons (Fsp3) is 0.583. The lowest BCUT2D eigenvalue weighted by molar-refractivity contribution is -0.122. The van der Waals surface area contributed by atoms with E-state index in [1.165, 1.54) is 0 Å². The molecule has 0 aromatic carbocycles. The molecule has 1 aromatic rings. The zero-order valence-corrected chi connectivity index (χ0v) is 9.83. The number of carbonyl (C=O) groups excluding carboxylic acids is 1. The van der Waals surface area contributed by atoms with Gasteiger partial charge in [0.2, 0.25) is 5.91 Å². The molecule has 0 spiro atoms. The van der Waals surface area contributed by atoms with Crippen molar-refractivity contribution in [1.82, 2.24) is 5.32 Å². The topological polar surface area (TPSA) is 42.2 Å². The van der Waals surface area contributed by atoms with E-state index in [4.69, 9.17) is 4.42 Å². The second kappa shape index (κ2) is 5.01. The van der Waals surface area contributed by atoms with Crippen LogP contribution in [0.2, 0.25) is 0 Å². The van der Waals surface area contributed by atoms with Crippen LogP contribution in [0.15, 0.2) is 16.5 Å². The van der Waals surface area contributed by atoms with E-state index in [9.17, 15) is 4.79 Å². The molecule has 1 N–H and O–H groups in total. The molecule has 0 fully saturated rings. The summed E-state index contributed by atoms with van der Waals surface area (Å²) < 4.78 is 5.44. The van der Waals surface area contributed by atoms with Crippen LogP contribution in [0.1, 0.15) is 44.8 Å². The van der Waals surface area contributed by atoms with E-state index in [1.54, 1.807) is 0 Å². The molecule has 0 aliphatic heterocycles. The van der Waals surface area contributed by atoms with Gasteiger partial charge in [0, 0.05) is 6.42 Å². The average Bonchev–Trinajstić information content (AvgIpc) is 2.49. The van der Waals surface area contributed by atoms with Crippen molar-refractivity contribution in [3.8, 4) is 0 Å². The summed E-state index contributed by atoms with van der Waals surface area (Å²) in [6.07, 6.45) is 0.560. The fourth-order valence-electron chi connectivity index (χ4n) is 1.43. The van der Waals surface area contributed by atoms with Crippen LogP contribution in [0.5, 0.6) is 0 Å². The molecule has 1 aromatic heterocycles. The lowest BCUT2D eigenvalue weighted by Crippen LogP contribution is -2.27. The maximum absolute atomic E-state index is 11.5. The molecule has 15 heavy (non-hydrogen) atoms. The summed E-state index contributed by atoms with van der Waals surface area (Å²) in [5, 5.41) is 2.91. The molecule has 1 rings (SSSR count). The summed E-state index contributed by atoms with van der Waals surface area (Å²) in [6, 6.07) is 3.75. The van der Waals surface area contributed by atoms with Gasteiger partial charge in [0.1, 0.15) is 11.5 Å². The quantitative estimate of drug-likeness (QED) is 0.828. The maximum Gasteiger partial charge on any atom is 0.220 e. The molecule has 0 radical (unpaired) electrons. The van der Waals surface area contributed by atoms with Crippen molar-refractivity contribution in [3.05, 3.63) is 23.7 Å². The van der Waals surface area contributed by atoms with Gasteiger partial charge in [-0.05, 0) is 31.9 Å². The van der Waals surface area contributed by atoms with Crippen LogP contribution >= 0.6 is 0 Å². The Morgan fingerprint density at radius 2 is 2.07 bits per heavy atom. The SMILES string of the molecule is Cc1ccc(C(C)NC(=O)CC(C)C)o1. The van der Waals surface area contributed by atoms with Gasteiger partial charge in [0.25, 0.3) is 0 Å². The van der Waals surface area contributed by atoms with Crippen molar-refractivity contribution in [2.75, 3.05) is 0 Å². The predicted octanol–water partition coefficient (Wildman–Crippen LogP) is 2.81. The monoisotopic (exact) mass is 209 g/mol. The summed E-state index contributed by atoms with van der Waals surface area (Å²) in [4.78, 5) is 11.5. The van der Waals surface area contributed by atoms with Crippen molar-refractivity contribution < 1.29 is 9.21 Å². The van der Waals surface area contributed by atoms with Crippen LogP contribution in [-0.4, -0.2) is 5.91 Å². The molecule has 3 nitrogen and oxygen atoms in total.